The minimum atomic E-state index is -0.418. The van der Waals surface area contributed by atoms with Crippen molar-refractivity contribution >= 4 is 21.6 Å². The summed E-state index contributed by atoms with van der Waals surface area (Å²) in [5.41, 5.74) is 0.899. The monoisotopic (exact) mass is 318 g/mol. The summed E-state index contributed by atoms with van der Waals surface area (Å²) in [5, 5.41) is 22.3. The normalized spacial score (nSPS) is 10.6. The quantitative estimate of drug-likeness (QED) is 0.430. The third kappa shape index (κ3) is 5.54. The maximum absolute atomic E-state index is 10.7. The topological polar surface area (TPSA) is 84.6 Å². The molecule has 0 heterocycles. The minimum absolute atomic E-state index is 0.0117. The number of non-ortho nitro benzene ring substituents is 1. The first-order chi connectivity index (χ1) is 8.63. The van der Waals surface area contributed by atoms with Gasteiger partial charge >= 0.3 is 0 Å². The number of nitrogens with zero attached hydrogens (tertiary/aromatic N) is 1. The van der Waals surface area contributed by atoms with Crippen LogP contribution in [0.3, 0.4) is 0 Å². The van der Waals surface area contributed by atoms with Gasteiger partial charge in [0.05, 0.1) is 24.7 Å². The van der Waals surface area contributed by atoms with E-state index in [1.807, 2.05) is 6.07 Å². The van der Waals surface area contributed by atoms with E-state index in [4.69, 9.17) is 9.84 Å². The number of aliphatic hydroxyl groups is 1. The average Bonchev–Trinajstić information content (AvgIpc) is 2.33. The van der Waals surface area contributed by atoms with Crippen molar-refractivity contribution in [1.82, 2.24) is 5.32 Å². The van der Waals surface area contributed by atoms with Gasteiger partial charge in [-0.25, -0.2) is 0 Å². The number of hydrogen-bond acceptors (Lipinski definition) is 5. The molecule has 0 unspecified atom stereocenters. The number of benzene rings is 1. The van der Waals surface area contributed by atoms with E-state index in [-0.39, 0.29) is 12.3 Å². The zero-order valence-corrected chi connectivity index (χ0v) is 11.4. The number of halogens is 1. The fraction of sp³-hybridized carbons (Fsp3) is 0.455. The van der Waals surface area contributed by atoms with Crippen molar-refractivity contribution in [1.29, 1.82) is 0 Å². The smallest absolute Gasteiger partial charge is 0.270 e. The Morgan fingerprint density at radius 3 is 2.83 bits per heavy atom. The number of nitro benzene ring substituents is 1. The van der Waals surface area contributed by atoms with Gasteiger partial charge in [-0.2, -0.15) is 0 Å². The van der Waals surface area contributed by atoms with Crippen LogP contribution in [0.4, 0.5) is 5.69 Å². The van der Waals surface area contributed by atoms with E-state index >= 15 is 0 Å². The number of hydrogen-bond donors (Lipinski definition) is 2. The largest absolute Gasteiger partial charge is 0.394 e. The molecule has 7 heteroatoms. The van der Waals surface area contributed by atoms with Crippen LogP contribution < -0.4 is 5.32 Å². The predicted molar refractivity (Wildman–Crippen MR) is 70.4 cm³/mol. The Kier molecular flexibility index (Phi) is 6.81. The second-order valence-electron chi connectivity index (χ2n) is 3.59. The van der Waals surface area contributed by atoms with E-state index < -0.39 is 4.92 Å². The molecule has 6 nitrogen and oxygen atoms in total. The molecule has 100 valence electrons. The zero-order valence-electron chi connectivity index (χ0n) is 9.76. The van der Waals surface area contributed by atoms with E-state index in [0.29, 0.717) is 30.8 Å². The average molecular weight is 319 g/mol. The van der Waals surface area contributed by atoms with Crippen LogP contribution in [0.2, 0.25) is 0 Å². The standard InChI is InChI=1S/C11H15BrN2O4/c12-10-5-9(6-11(7-10)14(16)17)8-13-1-3-18-4-2-15/h5-7,13,15H,1-4,8H2. The second kappa shape index (κ2) is 8.15. The Morgan fingerprint density at radius 2 is 2.17 bits per heavy atom. The van der Waals surface area contributed by atoms with Gasteiger partial charge in [0.25, 0.3) is 5.69 Å². The fourth-order valence-corrected chi connectivity index (χ4v) is 1.91. The highest BCUT2D eigenvalue weighted by molar-refractivity contribution is 9.10. The lowest BCUT2D eigenvalue weighted by molar-refractivity contribution is -0.385. The Morgan fingerprint density at radius 1 is 1.39 bits per heavy atom. The SMILES string of the molecule is O=[N+]([O-])c1cc(Br)cc(CNCCOCCO)c1. The van der Waals surface area contributed by atoms with E-state index in [1.165, 1.54) is 12.1 Å². The van der Waals surface area contributed by atoms with Crippen LogP contribution in [0.1, 0.15) is 5.56 Å². The van der Waals surface area contributed by atoms with Crippen LogP contribution in [-0.4, -0.2) is 36.4 Å². The first-order valence-electron chi connectivity index (χ1n) is 5.46. The molecule has 0 saturated carbocycles. The van der Waals surface area contributed by atoms with Gasteiger partial charge in [-0.15, -0.1) is 0 Å². The molecular formula is C11H15BrN2O4. The van der Waals surface area contributed by atoms with Crippen LogP contribution in [0.25, 0.3) is 0 Å². The maximum atomic E-state index is 10.7. The highest BCUT2D eigenvalue weighted by atomic mass is 79.9. The van der Waals surface area contributed by atoms with Crippen molar-refractivity contribution < 1.29 is 14.8 Å². The lowest BCUT2D eigenvalue weighted by Gasteiger charge is -2.06. The molecule has 0 fully saturated rings. The molecule has 1 aromatic carbocycles. The molecule has 0 aliphatic carbocycles. The van der Waals surface area contributed by atoms with Crippen molar-refractivity contribution in [2.75, 3.05) is 26.4 Å². The van der Waals surface area contributed by atoms with Crippen LogP contribution >= 0.6 is 15.9 Å². The van der Waals surface area contributed by atoms with Crippen molar-refractivity contribution in [3.05, 3.63) is 38.3 Å². The van der Waals surface area contributed by atoms with Gasteiger partial charge < -0.3 is 15.2 Å². The van der Waals surface area contributed by atoms with Gasteiger partial charge in [0.2, 0.25) is 0 Å². The number of nitro groups is 1. The third-order valence-electron chi connectivity index (χ3n) is 2.14. The fourth-order valence-electron chi connectivity index (χ4n) is 1.38. The molecular weight excluding hydrogens is 304 g/mol. The first-order valence-corrected chi connectivity index (χ1v) is 6.26. The predicted octanol–water partition coefficient (Wildman–Crippen LogP) is 1.46. The van der Waals surface area contributed by atoms with Crippen molar-refractivity contribution in [3.63, 3.8) is 0 Å². The lowest BCUT2D eigenvalue weighted by atomic mass is 10.2. The lowest BCUT2D eigenvalue weighted by Crippen LogP contribution is -2.20. The Bertz CT molecular complexity index is 401. The number of nitrogens with one attached hydrogen (secondary N) is 1. The van der Waals surface area contributed by atoms with E-state index in [1.54, 1.807) is 0 Å². The van der Waals surface area contributed by atoms with Crippen LogP contribution in [0.15, 0.2) is 22.7 Å². The summed E-state index contributed by atoms with van der Waals surface area (Å²) in [6.07, 6.45) is 0. The van der Waals surface area contributed by atoms with E-state index in [0.717, 1.165) is 5.56 Å². The number of aliphatic hydroxyl groups excluding tert-OH is 1. The van der Waals surface area contributed by atoms with Gasteiger partial charge in [0.1, 0.15) is 0 Å². The summed E-state index contributed by atoms with van der Waals surface area (Å²) in [6.45, 7) is 1.99. The van der Waals surface area contributed by atoms with Gasteiger partial charge in [-0.3, -0.25) is 10.1 Å². The van der Waals surface area contributed by atoms with E-state index in [9.17, 15) is 10.1 Å². The molecule has 0 aromatic heterocycles. The number of ether oxygens (including phenoxy) is 1. The molecule has 1 aromatic rings. The van der Waals surface area contributed by atoms with Crippen molar-refractivity contribution in [2.24, 2.45) is 0 Å². The third-order valence-corrected chi connectivity index (χ3v) is 2.60. The summed E-state index contributed by atoms with van der Waals surface area (Å²) in [5.74, 6) is 0. The number of rotatable bonds is 8. The second-order valence-corrected chi connectivity index (χ2v) is 4.50. The molecule has 0 atom stereocenters. The first kappa shape index (κ1) is 15.0. The van der Waals surface area contributed by atoms with Crippen LogP contribution in [0.5, 0.6) is 0 Å². The Hall–Kier alpha value is -1.02. The summed E-state index contributed by atoms with van der Waals surface area (Å²) in [7, 11) is 0. The van der Waals surface area contributed by atoms with Gasteiger partial charge in [-0.05, 0) is 11.6 Å². The van der Waals surface area contributed by atoms with Gasteiger partial charge in [0, 0.05) is 29.7 Å². The molecule has 0 spiro atoms. The van der Waals surface area contributed by atoms with Gasteiger partial charge in [-0.1, -0.05) is 15.9 Å². The van der Waals surface area contributed by atoms with Gasteiger partial charge in [0.15, 0.2) is 0 Å². The molecule has 2 N–H and O–H groups in total. The summed E-state index contributed by atoms with van der Waals surface area (Å²) in [6, 6.07) is 4.83. The summed E-state index contributed by atoms with van der Waals surface area (Å²) in [4.78, 5) is 10.3. The van der Waals surface area contributed by atoms with Crippen LogP contribution in [-0.2, 0) is 11.3 Å². The molecule has 18 heavy (non-hydrogen) atoms. The summed E-state index contributed by atoms with van der Waals surface area (Å²) >= 11 is 3.24. The van der Waals surface area contributed by atoms with Crippen LogP contribution in [0, 0.1) is 10.1 Å². The van der Waals surface area contributed by atoms with Crippen molar-refractivity contribution in [3.8, 4) is 0 Å². The molecule has 0 radical (unpaired) electrons. The molecule has 0 aliphatic rings. The summed E-state index contributed by atoms with van der Waals surface area (Å²) < 4.78 is 5.76. The molecule has 0 bridgehead atoms. The molecule has 0 saturated heterocycles. The maximum Gasteiger partial charge on any atom is 0.270 e. The minimum Gasteiger partial charge on any atom is -0.394 e. The highest BCUT2D eigenvalue weighted by Gasteiger charge is 2.08. The molecule has 1 rings (SSSR count). The Labute approximate surface area is 113 Å². The highest BCUT2D eigenvalue weighted by Crippen LogP contribution is 2.21. The Balaban J connectivity index is 2.40. The molecule has 0 amide bonds. The molecule has 0 aliphatic heterocycles. The zero-order chi connectivity index (χ0) is 13.4. The van der Waals surface area contributed by atoms with E-state index in [2.05, 4.69) is 21.2 Å². The van der Waals surface area contributed by atoms with Crippen molar-refractivity contribution in [2.45, 2.75) is 6.54 Å².